The zero-order valence-electron chi connectivity index (χ0n) is 11.4. The number of para-hydroxylation sites is 1. The predicted molar refractivity (Wildman–Crippen MR) is 88.3 cm³/mol. The first-order valence-electron chi connectivity index (χ1n) is 6.74. The van der Waals surface area contributed by atoms with Crippen LogP contribution in [-0.4, -0.2) is 18.1 Å². The number of hydrogen-bond acceptors (Lipinski definition) is 4. The van der Waals surface area contributed by atoms with Gasteiger partial charge >= 0.3 is 0 Å². The molecule has 0 atom stereocenters. The summed E-state index contributed by atoms with van der Waals surface area (Å²) in [5.74, 6) is 0.801. The van der Waals surface area contributed by atoms with Crippen LogP contribution in [0.4, 0.5) is 0 Å². The second-order valence-electron chi connectivity index (χ2n) is 4.59. The number of pyridine rings is 1. The summed E-state index contributed by atoms with van der Waals surface area (Å²) in [6, 6.07) is 14.0. The van der Waals surface area contributed by atoms with Gasteiger partial charge in [-0.1, -0.05) is 29.8 Å². The van der Waals surface area contributed by atoms with Crippen LogP contribution in [0, 0.1) is 0 Å². The third-order valence-corrected chi connectivity index (χ3v) is 4.27. The Morgan fingerprint density at radius 3 is 2.95 bits per heavy atom. The van der Waals surface area contributed by atoms with Crippen molar-refractivity contribution in [2.75, 3.05) is 13.2 Å². The lowest BCUT2D eigenvalue weighted by atomic mass is 10.2. The summed E-state index contributed by atoms with van der Waals surface area (Å²) in [6.45, 7) is 2.21. The van der Waals surface area contributed by atoms with Crippen LogP contribution in [0.2, 0.25) is 4.34 Å². The average molecular weight is 319 g/mol. The van der Waals surface area contributed by atoms with Gasteiger partial charge in [0.1, 0.15) is 12.4 Å². The highest BCUT2D eigenvalue weighted by molar-refractivity contribution is 7.16. The fourth-order valence-electron chi connectivity index (χ4n) is 2.03. The highest BCUT2D eigenvalue weighted by atomic mass is 35.5. The molecular weight excluding hydrogens is 304 g/mol. The first kappa shape index (κ1) is 14.3. The summed E-state index contributed by atoms with van der Waals surface area (Å²) < 4.78 is 6.53. The summed E-state index contributed by atoms with van der Waals surface area (Å²) in [4.78, 5) is 5.60. The minimum atomic E-state index is 0.610. The van der Waals surface area contributed by atoms with E-state index in [0.29, 0.717) is 6.61 Å². The van der Waals surface area contributed by atoms with E-state index in [9.17, 15) is 0 Å². The molecule has 0 unspecified atom stereocenters. The van der Waals surface area contributed by atoms with E-state index in [1.807, 2.05) is 42.5 Å². The number of rotatable bonds is 6. The zero-order valence-corrected chi connectivity index (χ0v) is 13.0. The van der Waals surface area contributed by atoms with Gasteiger partial charge in [0.2, 0.25) is 0 Å². The van der Waals surface area contributed by atoms with Gasteiger partial charge < -0.3 is 10.1 Å². The molecule has 1 N–H and O–H groups in total. The van der Waals surface area contributed by atoms with Gasteiger partial charge in [-0.05, 0) is 24.3 Å². The second-order valence-corrected chi connectivity index (χ2v) is 6.39. The largest absolute Gasteiger partial charge is 0.491 e. The predicted octanol–water partition coefficient (Wildman–Crippen LogP) is 4.12. The Morgan fingerprint density at radius 2 is 2.10 bits per heavy atom. The molecule has 3 nitrogen and oxygen atoms in total. The molecule has 0 aliphatic carbocycles. The second kappa shape index (κ2) is 6.89. The monoisotopic (exact) mass is 318 g/mol. The van der Waals surface area contributed by atoms with Crippen molar-refractivity contribution < 1.29 is 4.74 Å². The SMILES string of the molecule is Clc1ccc(CNCCOc2cnc3ccccc3c2)s1. The molecule has 0 aliphatic heterocycles. The summed E-state index contributed by atoms with van der Waals surface area (Å²) >= 11 is 7.48. The molecule has 2 aromatic heterocycles. The van der Waals surface area contributed by atoms with Crippen molar-refractivity contribution >= 4 is 33.8 Å². The van der Waals surface area contributed by atoms with Gasteiger partial charge in [0, 0.05) is 23.4 Å². The van der Waals surface area contributed by atoms with Crippen LogP contribution in [0.3, 0.4) is 0 Å². The average Bonchev–Trinajstić information content (AvgIpc) is 2.92. The Kier molecular flexibility index (Phi) is 4.70. The maximum Gasteiger partial charge on any atom is 0.138 e. The zero-order chi connectivity index (χ0) is 14.5. The van der Waals surface area contributed by atoms with Gasteiger partial charge in [-0.25, -0.2) is 0 Å². The molecule has 0 saturated carbocycles. The molecule has 108 valence electrons. The van der Waals surface area contributed by atoms with Crippen molar-refractivity contribution in [3.8, 4) is 5.75 Å². The number of halogens is 1. The first-order chi connectivity index (χ1) is 10.3. The number of fused-ring (bicyclic) bond motifs is 1. The normalized spacial score (nSPS) is 10.9. The molecule has 5 heteroatoms. The number of aromatic nitrogens is 1. The van der Waals surface area contributed by atoms with Gasteiger partial charge in [0.15, 0.2) is 0 Å². The van der Waals surface area contributed by atoms with Crippen molar-refractivity contribution in [2.24, 2.45) is 0 Å². The quantitative estimate of drug-likeness (QED) is 0.694. The molecule has 0 fully saturated rings. The molecule has 0 amide bonds. The minimum absolute atomic E-state index is 0.610. The fourth-order valence-corrected chi connectivity index (χ4v) is 3.09. The fraction of sp³-hybridized carbons (Fsp3) is 0.188. The molecule has 3 rings (SSSR count). The van der Waals surface area contributed by atoms with Crippen molar-refractivity contribution in [1.82, 2.24) is 10.3 Å². The van der Waals surface area contributed by atoms with Crippen LogP contribution in [0.15, 0.2) is 48.7 Å². The number of nitrogens with zero attached hydrogens (tertiary/aromatic N) is 1. The van der Waals surface area contributed by atoms with E-state index >= 15 is 0 Å². The lowest BCUT2D eigenvalue weighted by Gasteiger charge is -2.07. The summed E-state index contributed by atoms with van der Waals surface area (Å²) in [6.07, 6.45) is 1.77. The number of benzene rings is 1. The number of nitrogens with one attached hydrogen (secondary N) is 1. The van der Waals surface area contributed by atoms with Gasteiger partial charge in [-0.15, -0.1) is 11.3 Å². The van der Waals surface area contributed by atoms with Crippen LogP contribution < -0.4 is 10.1 Å². The van der Waals surface area contributed by atoms with Crippen molar-refractivity contribution in [2.45, 2.75) is 6.54 Å². The maximum atomic E-state index is 5.89. The molecule has 0 saturated heterocycles. The maximum absolute atomic E-state index is 5.89. The lowest BCUT2D eigenvalue weighted by molar-refractivity contribution is 0.313. The summed E-state index contributed by atoms with van der Waals surface area (Å²) in [5, 5.41) is 4.42. The summed E-state index contributed by atoms with van der Waals surface area (Å²) in [7, 11) is 0. The van der Waals surface area contributed by atoms with E-state index < -0.39 is 0 Å². The van der Waals surface area contributed by atoms with Crippen molar-refractivity contribution in [3.05, 3.63) is 57.9 Å². The van der Waals surface area contributed by atoms with E-state index in [-0.39, 0.29) is 0 Å². The molecule has 3 aromatic rings. The summed E-state index contributed by atoms with van der Waals surface area (Å²) in [5.41, 5.74) is 0.984. The molecule has 1 aromatic carbocycles. The van der Waals surface area contributed by atoms with Crippen LogP contribution in [0.5, 0.6) is 5.75 Å². The lowest BCUT2D eigenvalue weighted by Crippen LogP contribution is -2.20. The molecule has 2 heterocycles. The molecular formula is C16H15ClN2OS. The Labute approximate surface area is 132 Å². The van der Waals surface area contributed by atoms with E-state index in [1.165, 1.54) is 4.88 Å². The minimum Gasteiger partial charge on any atom is -0.491 e. The third kappa shape index (κ3) is 3.94. The van der Waals surface area contributed by atoms with Gasteiger partial charge in [0.05, 0.1) is 16.0 Å². The standard InChI is InChI=1S/C16H15ClN2OS/c17-16-6-5-14(21-16)11-18-7-8-20-13-9-12-3-1-2-4-15(12)19-10-13/h1-6,9-10,18H,7-8,11H2. The smallest absolute Gasteiger partial charge is 0.138 e. The highest BCUT2D eigenvalue weighted by Gasteiger charge is 1.99. The number of thiophene rings is 1. The van der Waals surface area contributed by atoms with Crippen LogP contribution in [0.25, 0.3) is 10.9 Å². The van der Waals surface area contributed by atoms with Gasteiger partial charge in [-0.3, -0.25) is 4.98 Å². The van der Waals surface area contributed by atoms with E-state index in [1.54, 1.807) is 17.5 Å². The third-order valence-electron chi connectivity index (χ3n) is 3.04. The Bertz CT molecular complexity index is 729. The Balaban J connectivity index is 1.46. The Morgan fingerprint density at radius 1 is 1.19 bits per heavy atom. The van der Waals surface area contributed by atoms with Gasteiger partial charge in [-0.2, -0.15) is 0 Å². The van der Waals surface area contributed by atoms with Gasteiger partial charge in [0.25, 0.3) is 0 Å². The molecule has 0 spiro atoms. The first-order valence-corrected chi connectivity index (χ1v) is 7.93. The highest BCUT2D eigenvalue weighted by Crippen LogP contribution is 2.21. The van der Waals surface area contributed by atoms with E-state index in [4.69, 9.17) is 16.3 Å². The van der Waals surface area contributed by atoms with E-state index in [2.05, 4.69) is 10.3 Å². The Hall–Kier alpha value is -1.62. The molecule has 0 radical (unpaired) electrons. The number of ether oxygens (including phenoxy) is 1. The molecule has 0 aliphatic rings. The molecule has 21 heavy (non-hydrogen) atoms. The van der Waals surface area contributed by atoms with Crippen molar-refractivity contribution in [3.63, 3.8) is 0 Å². The van der Waals surface area contributed by atoms with Crippen LogP contribution >= 0.6 is 22.9 Å². The number of hydrogen-bond donors (Lipinski definition) is 1. The van der Waals surface area contributed by atoms with Crippen LogP contribution in [0.1, 0.15) is 4.88 Å². The molecule has 0 bridgehead atoms. The van der Waals surface area contributed by atoms with Crippen molar-refractivity contribution in [1.29, 1.82) is 0 Å². The van der Waals surface area contributed by atoms with E-state index in [0.717, 1.165) is 34.1 Å². The topological polar surface area (TPSA) is 34.1 Å². The van der Waals surface area contributed by atoms with Crippen LogP contribution in [-0.2, 0) is 6.54 Å².